The van der Waals surface area contributed by atoms with Crippen LogP contribution in [0.25, 0.3) is 0 Å². The predicted molar refractivity (Wildman–Crippen MR) is 71.3 cm³/mol. The molecule has 0 atom stereocenters. The van der Waals surface area contributed by atoms with Crippen LogP contribution >= 0.6 is 0 Å². The summed E-state index contributed by atoms with van der Waals surface area (Å²) in [7, 11) is 0. The summed E-state index contributed by atoms with van der Waals surface area (Å²) in [5.41, 5.74) is 6.96. The largest absolute Gasteiger partial charge is 0.409 e. The molecule has 0 aliphatic heterocycles. The Morgan fingerprint density at radius 2 is 2.21 bits per heavy atom. The van der Waals surface area contributed by atoms with Crippen molar-refractivity contribution in [2.75, 3.05) is 0 Å². The van der Waals surface area contributed by atoms with Gasteiger partial charge in [0.15, 0.2) is 5.84 Å². The number of nitrogens with zero attached hydrogens (tertiary/aromatic N) is 3. The molecule has 0 bridgehead atoms. The van der Waals surface area contributed by atoms with E-state index in [0.717, 1.165) is 11.4 Å². The molecule has 0 aromatic carbocycles. The Morgan fingerprint density at radius 1 is 1.42 bits per heavy atom. The Kier molecular flexibility index (Phi) is 3.61. The zero-order valence-corrected chi connectivity index (χ0v) is 10.4. The van der Waals surface area contributed by atoms with Crippen LogP contribution in [0.4, 0.5) is 0 Å². The average molecular weight is 258 g/mol. The van der Waals surface area contributed by atoms with Crippen molar-refractivity contribution in [3.63, 3.8) is 0 Å². The molecular formula is C13H14N4O2. The van der Waals surface area contributed by atoms with Crippen LogP contribution in [0.1, 0.15) is 17.0 Å². The molecule has 3 N–H and O–H groups in total. The van der Waals surface area contributed by atoms with Gasteiger partial charge < -0.3 is 15.5 Å². The van der Waals surface area contributed by atoms with Crippen LogP contribution in [-0.4, -0.2) is 20.6 Å². The second kappa shape index (κ2) is 5.34. The zero-order chi connectivity index (χ0) is 13.8. The highest BCUT2D eigenvalue weighted by Gasteiger charge is 2.08. The highest BCUT2D eigenvalue weighted by Crippen LogP contribution is 2.01. The molecule has 0 radical (unpaired) electrons. The molecule has 0 saturated heterocycles. The number of oxime groups is 1. The predicted octanol–water partition coefficient (Wildman–Crippen LogP) is 0.695. The summed E-state index contributed by atoms with van der Waals surface area (Å²) in [5.74, 6) is -0.198. The number of pyridine rings is 2. The molecule has 2 aromatic heterocycles. The molecule has 6 nitrogen and oxygen atoms in total. The van der Waals surface area contributed by atoms with E-state index in [-0.39, 0.29) is 17.0 Å². The maximum Gasteiger partial charge on any atom is 0.262 e. The molecule has 0 saturated carbocycles. The van der Waals surface area contributed by atoms with Crippen molar-refractivity contribution in [1.82, 2.24) is 9.55 Å². The van der Waals surface area contributed by atoms with Crippen molar-refractivity contribution in [3.05, 3.63) is 63.8 Å². The van der Waals surface area contributed by atoms with Gasteiger partial charge in [0.1, 0.15) is 0 Å². The van der Waals surface area contributed by atoms with Gasteiger partial charge in [-0.05, 0) is 31.2 Å². The molecule has 2 rings (SSSR count). The number of aromatic nitrogens is 2. The van der Waals surface area contributed by atoms with Gasteiger partial charge in [-0.15, -0.1) is 0 Å². The molecule has 0 aliphatic carbocycles. The van der Waals surface area contributed by atoms with E-state index < -0.39 is 0 Å². The third-order valence-corrected chi connectivity index (χ3v) is 2.68. The highest BCUT2D eigenvalue weighted by molar-refractivity contribution is 5.96. The summed E-state index contributed by atoms with van der Waals surface area (Å²) in [5, 5.41) is 11.5. The van der Waals surface area contributed by atoms with Gasteiger partial charge in [-0.1, -0.05) is 11.2 Å². The number of rotatable bonds is 3. The molecule has 2 aromatic rings. The van der Waals surface area contributed by atoms with Crippen LogP contribution in [0, 0.1) is 6.92 Å². The first-order valence-corrected chi connectivity index (χ1v) is 5.71. The van der Waals surface area contributed by atoms with E-state index in [2.05, 4.69) is 10.1 Å². The van der Waals surface area contributed by atoms with E-state index in [1.165, 1.54) is 10.6 Å². The Morgan fingerprint density at radius 3 is 2.89 bits per heavy atom. The van der Waals surface area contributed by atoms with E-state index in [1.807, 2.05) is 25.1 Å². The highest BCUT2D eigenvalue weighted by atomic mass is 16.4. The third kappa shape index (κ3) is 2.79. The van der Waals surface area contributed by atoms with Crippen molar-refractivity contribution >= 4 is 5.84 Å². The minimum Gasteiger partial charge on any atom is -0.409 e. The van der Waals surface area contributed by atoms with Gasteiger partial charge in [0, 0.05) is 11.9 Å². The Labute approximate surface area is 109 Å². The molecule has 0 unspecified atom stereocenters. The second-order valence-corrected chi connectivity index (χ2v) is 4.11. The minimum absolute atomic E-state index is 0.164. The summed E-state index contributed by atoms with van der Waals surface area (Å²) < 4.78 is 1.47. The van der Waals surface area contributed by atoms with E-state index in [1.54, 1.807) is 12.3 Å². The fourth-order valence-electron chi connectivity index (χ4n) is 1.77. The SMILES string of the molecule is Cc1cccc(Cn2cccc(/C(N)=N/O)c2=O)n1. The molecule has 0 aliphatic rings. The van der Waals surface area contributed by atoms with Crippen LogP contribution in [-0.2, 0) is 6.54 Å². The van der Waals surface area contributed by atoms with Crippen molar-refractivity contribution in [2.24, 2.45) is 10.9 Å². The van der Waals surface area contributed by atoms with Crippen molar-refractivity contribution in [3.8, 4) is 0 Å². The Hall–Kier alpha value is -2.63. The summed E-state index contributed by atoms with van der Waals surface area (Å²) >= 11 is 0. The maximum absolute atomic E-state index is 12.1. The first-order valence-electron chi connectivity index (χ1n) is 5.71. The molecule has 19 heavy (non-hydrogen) atoms. The average Bonchev–Trinajstić information content (AvgIpc) is 2.40. The van der Waals surface area contributed by atoms with E-state index >= 15 is 0 Å². The monoisotopic (exact) mass is 258 g/mol. The van der Waals surface area contributed by atoms with Crippen LogP contribution in [0.15, 0.2) is 46.5 Å². The van der Waals surface area contributed by atoms with Crippen molar-refractivity contribution in [1.29, 1.82) is 0 Å². The number of hydrogen-bond acceptors (Lipinski definition) is 4. The number of hydrogen-bond donors (Lipinski definition) is 2. The normalized spacial score (nSPS) is 11.5. The summed E-state index contributed by atoms with van der Waals surface area (Å²) in [4.78, 5) is 16.5. The molecule has 2 heterocycles. The van der Waals surface area contributed by atoms with Crippen LogP contribution < -0.4 is 11.3 Å². The van der Waals surface area contributed by atoms with Gasteiger partial charge >= 0.3 is 0 Å². The molecule has 98 valence electrons. The lowest BCUT2D eigenvalue weighted by molar-refractivity contribution is 0.318. The van der Waals surface area contributed by atoms with Crippen LogP contribution in [0.3, 0.4) is 0 Å². The van der Waals surface area contributed by atoms with Gasteiger partial charge in [0.25, 0.3) is 5.56 Å². The quantitative estimate of drug-likeness (QED) is 0.366. The van der Waals surface area contributed by atoms with Crippen LogP contribution in [0.2, 0.25) is 0 Å². The van der Waals surface area contributed by atoms with Gasteiger partial charge in [0.2, 0.25) is 0 Å². The zero-order valence-electron chi connectivity index (χ0n) is 10.4. The number of nitrogens with two attached hydrogens (primary N) is 1. The lowest BCUT2D eigenvalue weighted by Gasteiger charge is -2.07. The van der Waals surface area contributed by atoms with Gasteiger partial charge in [0.05, 0.1) is 17.8 Å². The lowest BCUT2D eigenvalue weighted by atomic mass is 10.2. The van der Waals surface area contributed by atoms with E-state index in [4.69, 9.17) is 10.9 Å². The topological polar surface area (TPSA) is 93.5 Å². The molecule has 0 amide bonds. The number of aryl methyl sites for hydroxylation is 1. The molecule has 6 heteroatoms. The Bertz CT molecular complexity index is 676. The van der Waals surface area contributed by atoms with Gasteiger partial charge in [-0.3, -0.25) is 9.78 Å². The maximum atomic E-state index is 12.1. The first kappa shape index (κ1) is 12.8. The molecular weight excluding hydrogens is 244 g/mol. The Balaban J connectivity index is 2.39. The van der Waals surface area contributed by atoms with Crippen LogP contribution in [0.5, 0.6) is 0 Å². The second-order valence-electron chi connectivity index (χ2n) is 4.11. The van der Waals surface area contributed by atoms with Gasteiger partial charge in [-0.25, -0.2) is 0 Å². The first-order chi connectivity index (χ1) is 9.11. The fraction of sp³-hybridized carbons (Fsp3) is 0.154. The van der Waals surface area contributed by atoms with Crippen molar-refractivity contribution < 1.29 is 5.21 Å². The lowest BCUT2D eigenvalue weighted by Crippen LogP contribution is -2.30. The molecule has 0 fully saturated rings. The summed E-state index contributed by atoms with van der Waals surface area (Å²) in [6, 6.07) is 8.80. The number of amidine groups is 1. The third-order valence-electron chi connectivity index (χ3n) is 2.68. The molecule has 0 spiro atoms. The smallest absolute Gasteiger partial charge is 0.262 e. The standard InChI is InChI=1S/C13H14N4O2/c1-9-4-2-5-10(15-9)8-17-7-3-6-11(13(17)18)12(14)16-19/h2-7,19H,8H2,1H3,(H2,14,16). The summed E-state index contributed by atoms with van der Waals surface area (Å²) in [6.07, 6.45) is 1.64. The van der Waals surface area contributed by atoms with E-state index in [9.17, 15) is 4.79 Å². The van der Waals surface area contributed by atoms with E-state index in [0.29, 0.717) is 6.54 Å². The fourth-order valence-corrected chi connectivity index (χ4v) is 1.77. The minimum atomic E-state index is -0.318. The van der Waals surface area contributed by atoms with Crippen molar-refractivity contribution in [2.45, 2.75) is 13.5 Å². The van der Waals surface area contributed by atoms with Gasteiger partial charge in [-0.2, -0.15) is 0 Å². The summed E-state index contributed by atoms with van der Waals surface area (Å²) in [6.45, 7) is 2.23.